The van der Waals surface area contributed by atoms with Crippen molar-refractivity contribution in [3.05, 3.63) is 34.9 Å². The fraction of sp³-hybridized carbons (Fsp3) is 0.111. The summed E-state index contributed by atoms with van der Waals surface area (Å²) < 4.78 is 0.892. The number of hydrogen-bond acceptors (Lipinski definition) is 2. The van der Waals surface area contributed by atoms with Crippen LogP contribution in [0, 0.1) is 0 Å². The fourth-order valence-electron chi connectivity index (χ4n) is 0.995. The lowest BCUT2D eigenvalue weighted by molar-refractivity contribution is -0.437. The molecule has 0 saturated carbocycles. The van der Waals surface area contributed by atoms with Gasteiger partial charge in [-0.15, -0.1) is 0 Å². The molecule has 0 radical (unpaired) electrons. The van der Waals surface area contributed by atoms with Gasteiger partial charge in [0.15, 0.2) is 0 Å². The molecule has 4 nitrogen and oxygen atoms in total. The van der Waals surface area contributed by atoms with E-state index in [4.69, 9.17) is 23.2 Å². The molecule has 0 aromatic heterocycles. The normalized spacial score (nSPS) is 12.1. The first-order valence-corrected chi connectivity index (χ1v) is 4.34. The van der Waals surface area contributed by atoms with Crippen LogP contribution in [0.15, 0.2) is 24.3 Å². The van der Waals surface area contributed by atoms with Gasteiger partial charge in [0.2, 0.25) is 0 Å². The zero-order chi connectivity index (χ0) is 10.7. The highest BCUT2D eigenvalue weighted by atomic mass is 35.5. The predicted molar refractivity (Wildman–Crippen MR) is 55.3 cm³/mol. The van der Waals surface area contributed by atoms with E-state index in [1.807, 2.05) is 0 Å². The molecule has 0 aliphatic carbocycles. The summed E-state index contributed by atoms with van der Waals surface area (Å²) in [6, 6.07) is 6.27. The van der Waals surface area contributed by atoms with Gasteiger partial charge in [-0.25, -0.2) is 5.73 Å². The van der Waals surface area contributed by atoms with Gasteiger partial charge in [0.05, 0.1) is 0 Å². The number of nitrogens with two attached hydrogens (primary N) is 2. The van der Waals surface area contributed by atoms with Crippen molar-refractivity contribution < 1.29 is 9.48 Å². The average Bonchev–Trinajstić information content (AvgIpc) is 2.16. The molecular formula is C9H11ClN3O+. The highest BCUT2D eigenvalue weighted by Gasteiger charge is 2.11. The monoisotopic (exact) mass is 212 g/mol. The van der Waals surface area contributed by atoms with E-state index >= 15 is 0 Å². The van der Waals surface area contributed by atoms with Crippen LogP contribution in [0.5, 0.6) is 0 Å². The molecule has 1 aromatic carbocycles. The van der Waals surface area contributed by atoms with Crippen molar-refractivity contribution in [1.29, 1.82) is 0 Å². The largest absolute Gasteiger partial charge is 0.512 e. The topological polar surface area (TPSA) is 72.1 Å². The fourth-order valence-corrected chi connectivity index (χ4v) is 1.12. The number of hydrazone groups is 1. The molecule has 0 atom stereocenters. The molecule has 1 rings (SSSR count). The molecule has 0 spiro atoms. The van der Waals surface area contributed by atoms with Gasteiger partial charge in [-0.2, -0.15) is 4.79 Å². The molecule has 0 heterocycles. The maximum absolute atomic E-state index is 10.8. The Morgan fingerprint density at radius 3 is 2.29 bits per heavy atom. The van der Waals surface area contributed by atoms with E-state index in [0.29, 0.717) is 10.7 Å². The Labute approximate surface area is 86.7 Å². The van der Waals surface area contributed by atoms with Gasteiger partial charge in [0, 0.05) is 17.5 Å². The van der Waals surface area contributed by atoms with E-state index in [2.05, 4.69) is 0 Å². The van der Waals surface area contributed by atoms with Crippen LogP contribution in [0.2, 0.25) is 5.02 Å². The third kappa shape index (κ3) is 2.23. The van der Waals surface area contributed by atoms with Gasteiger partial charge in [0.25, 0.3) is 0 Å². The molecule has 0 aliphatic heterocycles. The van der Waals surface area contributed by atoms with Gasteiger partial charge in [-0.3, -0.25) is 5.84 Å². The second-order valence-corrected chi connectivity index (χ2v) is 3.24. The summed E-state index contributed by atoms with van der Waals surface area (Å²) in [5, 5.41) is 0.629. The van der Waals surface area contributed by atoms with E-state index in [0.717, 1.165) is 10.2 Å². The third-order valence-corrected chi connectivity index (χ3v) is 2.11. The van der Waals surface area contributed by atoms with Gasteiger partial charge in [0.1, 0.15) is 5.71 Å². The summed E-state index contributed by atoms with van der Waals surface area (Å²) >= 11 is 5.71. The Morgan fingerprint density at radius 2 is 1.86 bits per heavy atom. The molecule has 4 N–H and O–H groups in total. The number of halogens is 1. The molecule has 74 valence electrons. The third-order valence-electron chi connectivity index (χ3n) is 1.86. The second kappa shape index (κ2) is 4.11. The van der Waals surface area contributed by atoms with Crippen LogP contribution in [-0.2, 0) is 0 Å². The number of nitrogens with zero attached hydrogens (tertiary/aromatic N) is 1. The summed E-state index contributed by atoms with van der Waals surface area (Å²) in [5.74, 6) is 5.42. The summed E-state index contributed by atoms with van der Waals surface area (Å²) in [7, 11) is 0. The number of hydrogen-bond donors (Lipinski definition) is 2. The maximum Gasteiger partial charge on any atom is 0.512 e. The van der Waals surface area contributed by atoms with Crippen LogP contribution in [-0.4, -0.2) is 16.4 Å². The van der Waals surface area contributed by atoms with E-state index in [1.165, 1.54) is 0 Å². The lowest BCUT2D eigenvalue weighted by atomic mass is 10.1. The number of carbonyl (C=O) groups excluding carboxylic acids is 1. The first-order chi connectivity index (χ1) is 6.52. The van der Waals surface area contributed by atoms with Gasteiger partial charge in [-0.05, 0) is 24.3 Å². The maximum atomic E-state index is 10.8. The number of urea groups is 1. The average molecular weight is 213 g/mol. The van der Waals surface area contributed by atoms with E-state index in [9.17, 15) is 4.79 Å². The Balaban J connectivity index is 3.12. The molecule has 0 fully saturated rings. The van der Waals surface area contributed by atoms with Gasteiger partial charge < -0.3 is 0 Å². The standard InChI is InChI=1S/C9H10ClN3O/c1-6(13(12)9(11)14)7-2-4-8(10)5-3-7/h2-5H,12H2,1H3,(H-,11,14)/p+1/b13-6+. The minimum absolute atomic E-state index is 0.578. The van der Waals surface area contributed by atoms with E-state index < -0.39 is 6.03 Å². The minimum atomic E-state index is -0.697. The number of benzene rings is 1. The number of rotatable bonds is 1. The van der Waals surface area contributed by atoms with Crippen molar-refractivity contribution in [2.75, 3.05) is 0 Å². The molecule has 0 aliphatic rings. The number of carbonyl (C=O) groups is 1. The Bertz CT molecular complexity index is 384. The molecular weight excluding hydrogens is 202 g/mol. The van der Waals surface area contributed by atoms with Crippen LogP contribution in [0.4, 0.5) is 4.79 Å². The SMILES string of the molecule is C/C(c1ccc(Cl)cc1)=[N+](\N)C(N)=O. The van der Waals surface area contributed by atoms with E-state index in [1.54, 1.807) is 31.2 Å². The van der Waals surface area contributed by atoms with Crippen LogP contribution in [0.25, 0.3) is 0 Å². The van der Waals surface area contributed by atoms with E-state index in [-0.39, 0.29) is 0 Å². The van der Waals surface area contributed by atoms with Crippen molar-refractivity contribution in [1.82, 2.24) is 0 Å². The summed E-state index contributed by atoms with van der Waals surface area (Å²) in [6.07, 6.45) is 0. The molecule has 5 heteroatoms. The Morgan fingerprint density at radius 1 is 1.36 bits per heavy atom. The van der Waals surface area contributed by atoms with Crippen LogP contribution < -0.4 is 11.6 Å². The first-order valence-electron chi connectivity index (χ1n) is 3.96. The van der Waals surface area contributed by atoms with Crippen LogP contribution in [0.1, 0.15) is 12.5 Å². The Kier molecular flexibility index (Phi) is 3.09. The quantitative estimate of drug-likeness (QED) is 0.241. The zero-order valence-corrected chi connectivity index (χ0v) is 8.45. The smallest absolute Gasteiger partial charge is 0.266 e. The second-order valence-electron chi connectivity index (χ2n) is 2.80. The van der Waals surface area contributed by atoms with Crippen LogP contribution >= 0.6 is 11.6 Å². The molecule has 0 bridgehead atoms. The molecule has 2 amide bonds. The van der Waals surface area contributed by atoms with Crippen molar-refractivity contribution in [2.24, 2.45) is 11.6 Å². The lowest BCUT2D eigenvalue weighted by Crippen LogP contribution is -2.37. The van der Waals surface area contributed by atoms with Crippen molar-refractivity contribution in [2.45, 2.75) is 6.92 Å². The zero-order valence-electron chi connectivity index (χ0n) is 7.70. The van der Waals surface area contributed by atoms with Crippen molar-refractivity contribution >= 4 is 23.3 Å². The molecule has 1 aromatic rings. The minimum Gasteiger partial charge on any atom is -0.266 e. The Hall–Kier alpha value is -1.55. The van der Waals surface area contributed by atoms with Crippen LogP contribution in [0.3, 0.4) is 0 Å². The molecule has 0 unspecified atom stereocenters. The van der Waals surface area contributed by atoms with Crippen molar-refractivity contribution in [3.8, 4) is 0 Å². The summed E-state index contributed by atoms with van der Waals surface area (Å²) in [6.45, 7) is 1.70. The summed E-state index contributed by atoms with van der Waals surface area (Å²) in [4.78, 5) is 10.8. The number of primary amides is 1. The molecule has 14 heavy (non-hydrogen) atoms. The molecule has 0 saturated heterocycles. The number of amides is 2. The highest BCUT2D eigenvalue weighted by Crippen LogP contribution is 2.09. The number of hydrazine groups is 1. The summed E-state index contributed by atoms with van der Waals surface area (Å²) in [5.41, 5.74) is 6.40. The van der Waals surface area contributed by atoms with Gasteiger partial charge >= 0.3 is 6.03 Å². The first kappa shape index (κ1) is 10.5. The lowest BCUT2D eigenvalue weighted by Gasteiger charge is -2.00. The van der Waals surface area contributed by atoms with Gasteiger partial charge in [-0.1, -0.05) is 16.3 Å². The predicted octanol–water partition coefficient (Wildman–Crippen LogP) is 1.11. The van der Waals surface area contributed by atoms with Crippen molar-refractivity contribution in [3.63, 3.8) is 0 Å². The highest BCUT2D eigenvalue weighted by molar-refractivity contribution is 6.30.